The number of carboxylic acids is 1. The number of fused-ring (bicyclic) bond motifs is 1. The monoisotopic (exact) mass is 279 g/mol. The molecule has 0 atom stereocenters. The smallest absolute Gasteiger partial charge is 0.335 e. The van der Waals surface area contributed by atoms with Crippen molar-refractivity contribution in [2.75, 3.05) is 0 Å². The average Bonchev–Trinajstić information content (AvgIpc) is 2.53. The van der Waals surface area contributed by atoms with Crippen LogP contribution in [0, 0.1) is 0 Å². The first kappa shape index (κ1) is 13.1. The van der Waals surface area contributed by atoms with Crippen molar-refractivity contribution in [2.45, 2.75) is 6.61 Å². The summed E-state index contributed by atoms with van der Waals surface area (Å²) in [5, 5.41) is 10.6. The number of hydrogen-bond donors (Lipinski definition) is 1. The van der Waals surface area contributed by atoms with Gasteiger partial charge in [-0.3, -0.25) is 0 Å². The molecule has 4 heteroatoms. The lowest BCUT2D eigenvalue weighted by Crippen LogP contribution is -1.99. The fraction of sp³-hybridized carbons (Fsp3) is 0.0588. The number of aromatic carboxylic acids is 1. The Balaban J connectivity index is 1.90. The molecule has 0 saturated heterocycles. The van der Waals surface area contributed by atoms with E-state index < -0.39 is 5.97 Å². The van der Waals surface area contributed by atoms with E-state index in [2.05, 4.69) is 4.98 Å². The maximum absolute atomic E-state index is 11.0. The predicted octanol–water partition coefficient (Wildman–Crippen LogP) is 3.51. The van der Waals surface area contributed by atoms with Gasteiger partial charge in [-0.25, -0.2) is 9.78 Å². The predicted molar refractivity (Wildman–Crippen MR) is 79.5 cm³/mol. The van der Waals surface area contributed by atoms with Crippen LogP contribution in [0.3, 0.4) is 0 Å². The molecule has 0 amide bonds. The van der Waals surface area contributed by atoms with E-state index in [1.165, 1.54) is 0 Å². The van der Waals surface area contributed by atoms with Gasteiger partial charge in [0.2, 0.25) is 5.88 Å². The lowest BCUT2D eigenvalue weighted by atomic mass is 10.1. The topological polar surface area (TPSA) is 59.4 Å². The summed E-state index contributed by atoms with van der Waals surface area (Å²) in [6.45, 7) is 0.424. The number of carbonyl (C=O) groups is 1. The summed E-state index contributed by atoms with van der Waals surface area (Å²) in [6.07, 6.45) is 1.62. The standard InChI is InChI=1S/C17H13NO3/c19-17(20)14-6-7-15-13(10-14)8-9-18-16(15)21-11-12-4-2-1-3-5-12/h1-10H,11H2,(H,19,20). The Kier molecular flexibility index (Phi) is 3.51. The highest BCUT2D eigenvalue weighted by Crippen LogP contribution is 2.24. The van der Waals surface area contributed by atoms with Crippen molar-refractivity contribution in [3.05, 3.63) is 71.9 Å². The molecule has 0 bridgehead atoms. The molecular weight excluding hydrogens is 266 g/mol. The SMILES string of the molecule is O=C(O)c1ccc2c(OCc3ccccc3)nccc2c1. The largest absolute Gasteiger partial charge is 0.478 e. The van der Waals surface area contributed by atoms with Crippen LogP contribution in [0.1, 0.15) is 15.9 Å². The van der Waals surface area contributed by atoms with Crippen LogP contribution in [0.15, 0.2) is 60.8 Å². The molecule has 0 aliphatic heterocycles. The summed E-state index contributed by atoms with van der Waals surface area (Å²) in [5.41, 5.74) is 1.31. The molecule has 4 nitrogen and oxygen atoms in total. The molecule has 0 spiro atoms. The third-order valence-corrected chi connectivity index (χ3v) is 3.19. The molecule has 2 aromatic carbocycles. The van der Waals surface area contributed by atoms with Gasteiger partial charge in [0.25, 0.3) is 0 Å². The number of hydrogen-bond acceptors (Lipinski definition) is 3. The normalized spacial score (nSPS) is 10.5. The lowest BCUT2D eigenvalue weighted by Gasteiger charge is -2.08. The van der Waals surface area contributed by atoms with Gasteiger partial charge in [0.1, 0.15) is 6.61 Å². The van der Waals surface area contributed by atoms with Crippen molar-refractivity contribution in [1.29, 1.82) is 0 Å². The third-order valence-electron chi connectivity index (χ3n) is 3.19. The Morgan fingerprint density at radius 1 is 1.10 bits per heavy atom. The van der Waals surface area contributed by atoms with Crippen LogP contribution in [-0.4, -0.2) is 16.1 Å². The number of pyridine rings is 1. The van der Waals surface area contributed by atoms with Crippen molar-refractivity contribution < 1.29 is 14.6 Å². The second-order valence-corrected chi connectivity index (χ2v) is 4.63. The van der Waals surface area contributed by atoms with Gasteiger partial charge in [-0.1, -0.05) is 30.3 Å². The van der Waals surface area contributed by atoms with Gasteiger partial charge in [-0.2, -0.15) is 0 Å². The molecule has 104 valence electrons. The second kappa shape index (κ2) is 5.63. The van der Waals surface area contributed by atoms with Crippen LogP contribution in [0.5, 0.6) is 5.88 Å². The van der Waals surface area contributed by atoms with Crippen LogP contribution in [0.4, 0.5) is 0 Å². The van der Waals surface area contributed by atoms with Crippen molar-refractivity contribution in [3.63, 3.8) is 0 Å². The van der Waals surface area contributed by atoms with E-state index in [9.17, 15) is 4.79 Å². The highest BCUT2D eigenvalue weighted by molar-refractivity contribution is 5.95. The number of ether oxygens (including phenoxy) is 1. The third kappa shape index (κ3) is 2.84. The molecular formula is C17H13NO3. The Bertz CT molecular complexity index is 784. The van der Waals surface area contributed by atoms with Gasteiger partial charge in [-0.15, -0.1) is 0 Å². The molecule has 1 heterocycles. The number of benzene rings is 2. The molecule has 0 fully saturated rings. The Morgan fingerprint density at radius 3 is 2.67 bits per heavy atom. The quantitative estimate of drug-likeness (QED) is 0.794. The molecule has 0 unspecified atom stereocenters. The molecule has 1 N–H and O–H groups in total. The minimum atomic E-state index is -0.944. The van der Waals surface area contributed by atoms with Gasteiger partial charge in [0.15, 0.2) is 0 Å². The first-order chi connectivity index (χ1) is 10.2. The van der Waals surface area contributed by atoms with E-state index in [0.29, 0.717) is 12.5 Å². The lowest BCUT2D eigenvalue weighted by molar-refractivity contribution is 0.0697. The van der Waals surface area contributed by atoms with Crippen LogP contribution in [0.2, 0.25) is 0 Å². The van der Waals surface area contributed by atoms with E-state index in [0.717, 1.165) is 16.3 Å². The van der Waals surface area contributed by atoms with Crippen LogP contribution in [-0.2, 0) is 6.61 Å². The van der Waals surface area contributed by atoms with Gasteiger partial charge in [0.05, 0.1) is 5.56 Å². The van der Waals surface area contributed by atoms with Gasteiger partial charge >= 0.3 is 5.97 Å². The minimum Gasteiger partial charge on any atom is -0.478 e. The van der Waals surface area contributed by atoms with Crippen LogP contribution in [0.25, 0.3) is 10.8 Å². The first-order valence-electron chi connectivity index (χ1n) is 6.53. The molecule has 3 rings (SSSR count). The van der Waals surface area contributed by atoms with Crippen molar-refractivity contribution in [1.82, 2.24) is 4.98 Å². The fourth-order valence-electron chi connectivity index (χ4n) is 2.12. The second-order valence-electron chi connectivity index (χ2n) is 4.63. The van der Waals surface area contributed by atoms with E-state index in [-0.39, 0.29) is 5.56 Å². The van der Waals surface area contributed by atoms with Crippen molar-refractivity contribution in [3.8, 4) is 5.88 Å². The minimum absolute atomic E-state index is 0.253. The molecule has 0 saturated carbocycles. The maximum Gasteiger partial charge on any atom is 0.335 e. The number of carboxylic acid groups (broad SMARTS) is 1. The van der Waals surface area contributed by atoms with Crippen LogP contribution < -0.4 is 4.74 Å². The zero-order chi connectivity index (χ0) is 14.7. The van der Waals surface area contributed by atoms with E-state index in [4.69, 9.17) is 9.84 Å². The number of aromatic nitrogens is 1. The van der Waals surface area contributed by atoms with Gasteiger partial charge in [0, 0.05) is 11.6 Å². The molecule has 0 radical (unpaired) electrons. The maximum atomic E-state index is 11.0. The molecule has 3 aromatic rings. The Hall–Kier alpha value is -2.88. The fourth-order valence-corrected chi connectivity index (χ4v) is 2.12. The summed E-state index contributed by atoms with van der Waals surface area (Å²) in [7, 11) is 0. The highest BCUT2D eigenvalue weighted by atomic mass is 16.5. The molecule has 0 aliphatic carbocycles. The Morgan fingerprint density at radius 2 is 1.90 bits per heavy atom. The number of rotatable bonds is 4. The average molecular weight is 279 g/mol. The van der Waals surface area contributed by atoms with Crippen molar-refractivity contribution >= 4 is 16.7 Å². The molecule has 1 aromatic heterocycles. The highest BCUT2D eigenvalue weighted by Gasteiger charge is 2.08. The molecule has 21 heavy (non-hydrogen) atoms. The summed E-state index contributed by atoms with van der Waals surface area (Å²) in [4.78, 5) is 15.2. The zero-order valence-corrected chi connectivity index (χ0v) is 11.2. The summed E-state index contributed by atoms with van der Waals surface area (Å²) < 4.78 is 5.75. The van der Waals surface area contributed by atoms with Gasteiger partial charge < -0.3 is 9.84 Å². The molecule has 0 aliphatic rings. The van der Waals surface area contributed by atoms with E-state index >= 15 is 0 Å². The van der Waals surface area contributed by atoms with Crippen molar-refractivity contribution in [2.24, 2.45) is 0 Å². The van der Waals surface area contributed by atoms with Gasteiger partial charge in [-0.05, 0) is 35.2 Å². The first-order valence-corrected chi connectivity index (χ1v) is 6.53. The van der Waals surface area contributed by atoms with Crippen LogP contribution >= 0.6 is 0 Å². The van der Waals surface area contributed by atoms with E-state index in [1.807, 2.05) is 30.3 Å². The zero-order valence-electron chi connectivity index (χ0n) is 11.2. The number of nitrogens with zero attached hydrogens (tertiary/aromatic N) is 1. The summed E-state index contributed by atoms with van der Waals surface area (Å²) in [6, 6.07) is 16.5. The Labute approximate surface area is 121 Å². The van der Waals surface area contributed by atoms with E-state index in [1.54, 1.807) is 30.5 Å². The summed E-state index contributed by atoms with van der Waals surface area (Å²) >= 11 is 0. The summed E-state index contributed by atoms with van der Waals surface area (Å²) in [5.74, 6) is -0.436.